The van der Waals surface area contributed by atoms with Gasteiger partial charge in [0.2, 0.25) is 0 Å². The first kappa shape index (κ1) is 13.0. The largest absolute Gasteiger partial charge is 0.390 e. The van der Waals surface area contributed by atoms with E-state index in [1.807, 2.05) is 24.5 Å². The second kappa shape index (κ2) is 5.54. The van der Waals surface area contributed by atoms with Gasteiger partial charge in [-0.1, -0.05) is 12.2 Å². The Morgan fingerprint density at radius 3 is 2.80 bits per heavy atom. The van der Waals surface area contributed by atoms with Crippen LogP contribution in [-0.4, -0.2) is 11.3 Å². The number of carbonyl (C=O) groups excluding carboxylic acids is 1. The van der Waals surface area contributed by atoms with Crippen LogP contribution in [0.4, 0.5) is 0 Å². The van der Waals surface area contributed by atoms with Crippen LogP contribution >= 0.6 is 11.3 Å². The maximum atomic E-state index is 11.3. The van der Waals surface area contributed by atoms with Crippen LogP contribution in [0.15, 0.2) is 41.5 Å². The van der Waals surface area contributed by atoms with E-state index < -0.39 is 0 Å². The van der Waals surface area contributed by atoms with E-state index >= 15 is 0 Å². The van der Waals surface area contributed by atoms with E-state index in [-0.39, 0.29) is 4.87 Å². The van der Waals surface area contributed by atoms with Gasteiger partial charge in [-0.2, -0.15) is 4.98 Å². The Labute approximate surface area is 120 Å². The number of carbonyl (C=O) groups is 1. The summed E-state index contributed by atoms with van der Waals surface area (Å²) in [7, 11) is 0. The van der Waals surface area contributed by atoms with Crippen molar-refractivity contribution >= 4 is 17.6 Å². The predicted octanol–water partition coefficient (Wildman–Crippen LogP) is 2.35. The molecule has 1 N–H and O–H groups in total. The zero-order chi connectivity index (χ0) is 13.9. The third kappa shape index (κ3) is 2.49. The Bertz CT molecular complexity index is 697. The zero-order valence-electron chi connectivity index (χ0n) is 10.9. The fraction of sp³-hybridized carbons (Fsp3) is 0.267. The lowest BCUT2D eigenvalue weighted by molar-refractivity contribution is -0.599. The van der Waals surface area contributed by atoms with Crippen molar-refractivity contribution in [3.63, 3.8) is 0 Å². The van der Waals surface area contributed by atoms with Crippen molar-refractivity contribution in [1.29, 1.82) is 0 Å². The van der Waals surface area contributed by atoms with Crippen molar-refractivity contribution in [3.05, 3.63) is 56.8 Å². The maximum absolute atomic E-state index is 11.3. The molecular formula is C15H15N2O2S+. The molecule has 2 aromatic rings. The van der Waals surface area contributed by atoms with Crippen LogP contribution < -0.4 is 9.44 Å². The Hall–Kier alpha value is -2.01. The molecule has 102 valence electrons. The summed E-state index contributed by atoms with van der Waals surface area (Å²) in [6, 6.07) is 4.09. The first-order valence-electron chi connectivity index (χ1n) is 6.64. The lowest BCUT2D eigenvalue weighted by Gasteiger charge is -2.16. The first-order valence-corrected chi connectivity index (χ1v) is 7.46. The number of nitrogens with one attached hydrogen (secondary N) is 1. The van der Waals surface area contributed by atoms with Crippen molar-refractivity contribution in [2.24, 2.45) is 0 Å². The quantitative estimate of drug-likeness (QED) is 0.535. The number of aromatic nitrogens is 2. The van der Waals surface area contributed by atoms with E-state index in [1.165, 1.54) is 24.8 Å². The number of aromatic amines is 1. The van der Waals surface area contributed by atoms with Crippen molar-refractivity contribution in [2.75, 3.05) is 0 Å². The molecule has 0 radical (unpaired) electrons. The topological polar surface area (TPSA) is 53.8 Å². The molecule has 2 heterocycles. The average molecular weight is 287 g/mol. The fourth-order valence-electron chi connectivity index (χ4n) is 2.53. The van der Waals surface area contributed by atoms with E-state index in [0.29, 0.717) is 22.9 Å². The molecule has 1 aliphatic carbocycles. The number of rotatable bonds is 3. The summed E-state index contributed by atoms with van der Waals surface area (Å²) in [6.07, 6.45) is 12.6. The molecule has 2 aromatic heterocycles. The molecule has 20 heavy (non-hydrogen) atoms. The van der Waals surface area contributed by atoms with Crippen LogP contribution in [0.3, 0.4) is 0 Å². The van der Waals surface area contributed by atoms with Gasteiger partial charge in [-0.3, -0.25) is 4.79 Å². The second-order valence-corrected chi connectivity index (χ2v) is 5.86. The third-order valence-electron chi connectivity index (χ3n) is 3.56. The minimum absolute atomic E-state index is 0.214. The van der Waals surface area contributed by atoms with E-state index in [9.17, 15) is 9.59 Å². The van der Waals surface area contributed by atoms with Gasteiger partial charge < -0.3 is 0 Å². The van der Waals surface area contributed by atoms with E-state index in [1.54, 1.807) is 4.57 Å². The smallest absolute Gasteiger partial charge is 0.297 e. The van der Waals surface area contributed by atoms with Crippen LogP contribution in [-0.2, 0) is 0 Å². The molecule has 0 bridgehead atoms. The summed E-state index contributed by atoms with van der Waals surface area (Å²) >= 11 is 0.930. The predicted molar refractivity (Wildman–Crippen MR) is 77.6 cm³/mol. The van der Waals surface area contributed by atoms with Gasteiger partial charge in [-0.25, -0.2) is 9.36 Å². The number of allylic oxidation sites excluding steroid dienone is 2. The van der Waals surface area contributed by atoms with Crippen LogP contribution in [0.1, 0.15) is 40.4 Å². The van der Waals surface area contributed by atoms with Crippen molar-refractivity contribution in [1.82, 2.24) is 4.98 Å². The van der Waals surface area contributed by atoms with Crippen molar-refractivity contribution < 1.29 is 9.36 Å². The molecule has 5 heteroatoms. The van der Waals surface area contributed by atoms with Crippen molar-refractivity contribution in [2.45, 2.75) is 25.2 Å². The monoisotopic (exact) mass is 287 g/mol. The average Bonchev–Trinajstić information content (AvgIpc) is 2.89. The highest BCUT2D eigenvalue weighted by molar-refractivity contribution is 7.11. The van der Waals surface area contributed by atoms with Crippen LogP contribution in [0.25, 0.3) is 5.82 Å². The summed E-state index contributed by atoms with van der Waals surface area (Å²) < 4.78 is 1.78. The number of hydrogen-bond acceptors (Lipinski definition) is 3. The lowest BCUT2D eigenvalue weighted by Crippen LogP contribution is -2.32. The Balaban J connectivity index is 1.92. The van der Waals surface area contributed by atoms with Crippen molar-refractivity contribution in [3.8, 4) is 5.82 Å². The van der Waals surface area contributed by atoms with Gasteiger partial charge in [0, 0.05) is 5.92 Å². The molecule has 0 saturated heterocycles. The summed E-state index contributed by atoms with van der Waals surface area (Å²) in [5.41, 5.74) is 1.27. The summed E-state index contributed by atoms with van der Waals surface area (Å²) in [5, 5.41) is 0. The first-order chi connectivity index (χ1) is 9.78. The van der Waals surface area contributed by atoms with Gasteiger partial charge in [0.15, 0.2) is 11.2 Å². The number of H-pyrrole nitrogens is 1. The van der Waals surface area contributed by atoms with Gasteiger partial charge in [0.1, 0.15) is 0 Å². The Kier molecular flexibility index (Phi) is 3.60. The standard InChI is InChI=1S/C15H14N2O2S/c18-10-13-14(16-15(19)20-13)17-8-6-12(7-9-17)11-4-2-1-3-5-11/h2,4,6-11H,1,3,5H2/p+1. The molecule has 0 fully saturated rings. The molecular weight excluding hydrogens is 272 g/mol. The minimum atomic E-state index is -0.214. The second-order valence-electron chi connectivity index (χ2n) is 4.85. The maximum Gasteiger partial charge on any atom is 0.390 e. The van der Waals surface area contributed by atoms with E-state index in [2.05, 4.69) is 17.1 Å². The summed E-state index contributed by atoms with van der Waals surface area (Å²) in [4.78, 5) is 25.2. The fourth-order valence-corrected chi connectivity index (χ4v) is 3.18. The molecule has 0 amide bonds. The molecule has 1 aliphatic rings. The highest BCUT2D eigenvalue weighted by Crippen LogP contribution is 2.26. The van der Waals surface area contributed by atoms with Crippen LogP contribution in [0.2, 0.25) is 0 Å². The van der Waals surface area contributed by atoms with E-state index in [4.69, 9.17) is 0 Å². The molecule has 0 spiro atoms. The van der Waals surface area contributed by atoms with Gasteiger partial charge in [-0.15, -0.1) is 0 Å². The number of nitrogens with zero attached hydrogens (tertiary/aromatic N) is 1. The molecule has 0 saturated carbocycles. The zero-order valence-corrected chi connectivity index (χ0v) is 11.7. The van der Waals surface area contributed by atoms with Gasteiger partial charge in [-0.05, 0) is 48.3 Å². The van der Waals surface area contributed by atoms with Gasteiger partial charge in [0.25, 0.3) is 0 Å². The molecule has 3 rings (SSSR count). The number of aldehydes is 1. The number of hydrogen-bond donors (Lipinski definition) is 1. The highest BCUT2D eigenvalue weighted by atomic mass is 32.1. The number of pyridine rings is 1. The van der Waals surface area contributed by atoms with Crippen LogP contribution in [0, 0.1) is 0 Å². The summed E-state index contributed by atoms with van der Waals surface area (Å²) in [5.74, 6) is 1.02. The lowest BCUT2D eigenvalue weighted by atomic mass is 9.90. The minimum Gasteiger partial charge on any atom is -0.297 e. The van der Waals surface area contributed by atoms with Gasteiger partial charge >= 0.3 is 10.7 Å². The Morgan fingerprint density at radius 2 is 2.15 bits per heavy atom. The Morgan fingerprint density at radius 1 is 1.35 bits per heavy atom. The molecule has 0 aromatic carbocycles. The highest BCUT2D eigenvalue weighted by Gasteiger charge is 2.17. The molecule has 1 unspecified atom stereocenters. The molecule has 1 atom stereocenters. The SMILES string of the molecule is O=Cc1sc(=O)[nH]c1-[n+]1ccc(C2C=CCCC2)cc1. The normalized spacial score (nSPS) is 18.1. The van der Waals surface area contributed by atoms with Gasteiger partial charge in [0.05, 0.1) is 12.4 Å². The number of thiazole rings is 1. The molecule has 4 nitrogen and oxygen atoms in total. The van der Waals surface area contributed by atoms with E-state index in [0.717, 1.165) is 11.3 Å². The van der Waals surface area contributed by atoms with Crippen LogP contribution in [0.5, 0.6) is 0 Å². The summed E-state index contributed by atoms with van der Waals surface area (Å²) in [6.45, 7) is 0. The third-order valence-corrected chi connectivity index (χ3v) is 4.36. The molecule has 0 aliphatic heterocycles.